The van der Waals surface area contributed by atoms with Gasteiger partial charge in [-0.2, -0.15) is 0 Å². The van der Waals surface area contributed by atoms with Crippen LogP contribution in [0.4, 0.5) is 0 Å². The summed E-state index contributed by atoms with van der Waals surface area (Å²) in [5.41, 5.74) is 0.220. The Morgan fingerprint density at radius 3 is 2.68 bits per heavy atom. The van der Waals surface area contributed by atoms with E-state index in [-0.39, 0.29) is 41.4 Å². The van der Waals surface area contributed by atoms with Crippen LogP contribution in [0.1, 0.15) is 32.1 Å². The zero-order valence-corrected chi connectivity index (χ0v) is 14.6. The smallest absolute Gasteiger partial charge is 0.226 e. The lowest BCUT2D eigenvalue weighted by molar-refractivity contribution is -0.134. The first-order chi connectivity index (χ1) is 9.97. The SMILES string of the molecule is CNS(=O)(=O)CC1CCCN1C(=O)C1CC12CCNCC2.Cl. The molecule has 0 aromatic carbocycles. The second kappa shape index (κ2) is 6.63. The van der Waals surface area contributed by atoms with Crippen LogP contribution in [0.3, 0.4) is 0 Å². The van der Waals surface area contributed by atoms with Gasteiger partial charge in [0, 0.05) is 18.5 Å². The number of carbonyl (C=O) groups is 1. The van der Waals surface area contributed by atoms with Gasteiger partial charge in [-0.1, -0.05) is 0 Å². The van der Waals surface area contributed by atoms with Gasteiger partial charge in [-0.15, -0.1) is 12.4 Å². The van der Waals surface area contributed by atoms with Gasteiger partial charge in [-0.3, -0.25) is 4.79 Å². The summed E-state index contributed by atoms with van der Waals surface area (Å²) >= 11 is 0. The molecule has 2 heterocycles. The monoisotopic (exact) mass is 351 g/mol. The van der Waals surface area contributed by atoms with Gasteiger partial charge >= 0.3 is 0 Å². The number of likely N-dealkylation sites (tertiary alicyclic amines) is 1. The van der Waals surface area contributed by atoms with Crippen molar-refractivity contribution in [3.63, 3.8) is 0 Å². The van der Waals surface area contributed by atoms with Crippen molar-refractivity contribution in [2.24, 2.45) is 11.3 Å². The molecular formula is C14H26ClN3O3S. The lowest BCUT2D eigenvalue weighted by Gasteiger charge is -2.28. The summed E-state index contributed by atoms with van der Waals surface area (Å²) in [4.78, 5) is 14.6. The van der Waals surface area contributed by atoms with Crippen molar-refractivity contribution in [2.45, 2.75) is 38.1 Å². The van der Waals surface area contributed by atoms with E-state index in [0.717, 1.165) is 45.2 Å². The molecule has 2 unspecified atom stereocenters. The fourth-order valence-corrected chi connectivity index (χ4v) is 5.03. The third-order valence-electron chi connectivity index (χ3n) is 5.47. The molecule has 0 radical (unpaired) electrons. The van der Waals surface area contributed by atoms with Crippen molar-refractivity contribution in [1.82, 2.24) is 14.9 Å². The third kappa shape index (κ3) is 3.42. The van der Waals surface area contributed by atoms with Crippen LogP contribution in [-0.2, 0) is 14.8 Å². The Bertz CT molecular complexity index is 519. The van der Waals surface area contributed by atoms with Crippen LogP contribution in [-0.4, -0.2) is 57.7 Å². The second-order valence-corrected chi connectivity index (χ2v) is 8.65. The molecule has 6 nitrogen and oxygen atoms in total. The van der Waals surface area contributed by atoms with Crippen LogP contribution < -0.4 is 10.0 Å². The number of carbonyl (C=O) groups excluding carboxylic acids is 1. The Labute approximate surface area is 138 Å². The fourth-order valence-electron chi connectivity index (χ4n) is 4.01. The van der Waals surface area contributed by atoms with Crippen molar-refractivity contribution in [1.29, 1.82) is 0 Å². The molecular weight excluding hydrogens is 326 g/mol. The molecule has 3 rings (SSSR count). The molecule has 2 N–H and O–H groups in total. The molecule has 3 aliphatic rings. The molecule has 1 amide bonds. The Kier molecular flexibility index (Phi) is 5.42. The van der Waals surface area contributed by atoms with Crippen LogP contribution in [0.5, 0.6) is 0 Å². The van der Waals surface area contributed by atoms with Gasteiger partial charge in [0.2, 0.25) is 15.9 Å². The van der Waals surface area contributed by atoms with Gasteiger partial charge in [-0.05, 0) is 57.7 Å². The zero-order valence-electron chi connectivity index (χ0n) is 13.0. The van der Waals surface area contributed by atoms with Crippen LogP contribution in [0, 0.1) is 11.3 Å². The standard InChI is InChI=1S/C14H25N3O3S.ClH/c1-15-21(19,20)10-11-3-2-8-17(11)13(18)12-9-14(12)4-6-16-7-5-14;/h11-12,15-16H,2-10H2,1H3;1H. The van der Waals surface area contributed by atoms with Crippen molar-refractivity contribution >= 4 is 28.3 Å². The highest BCUT2D eigenvalue weighted by molar-refractivity contribution is 7.89. The number of hydrogen-bond acceptors (Lipinski definition) is 4. The molecule has 128 valence electrons. The molecule has 2 atom stereocenters. The normalized spacial score (nSPS) is 30.1. The summed E-state index contributed by atoms with van der Waals surface area (Å²) in [5, 5.41) is 3.34. The molecule has 2 aliphatic heterocycles. The number of hydrogen-bond donors (Lipinski definition) is 2. The van der Waals surface area contributed by atoms with Crippen molar-refractivity contribution < 1.29 is 13.2 Å². The molecule has 22 heavy (non-hydrogen) atoms. The third-order valence-corrected chi connectivity index (χ3v) is 6.92. The maximum atomic E-state index is 12.8. The van der Waals surface area contributed by atoms with Gasteiger partial charge in [0.1, 0.15) is 0 Å². The molecule has 0 bridgehead atoms. The molecule has 8 heteroatoms. The van der Waals surface area contributed by atoms with Crippen molar-refractivity contribution in [3.8, 4) is 0 Å². The minimum absolute atomic E-state index is 0. The predicted molar refractivity (Wildman–Crippen MR) is 87.5 cm³/mol. The largest absolute Gasteiger partial charge is 0.338 e. The summed E-state index contributed by atoms with van der Waals surface area (Å²) in [6.45, 7) is 2.72. The van der Waals surface area contributed by atoms with E-state index < -0.39 is 10.0 Å². The van der Waals surface area contributed by atoms with Gasteiger partial charge in [0.15, 0.2) is 0 Å². The average molecular weight is 352 g/mol. The number of sulfonamides is 1. The van der Waals surface area contributed by atoms with Gasteiger partial charge in [0.25, 0.3) is 0 Å². The summed E-state index contributed by atoms with van der Waals surface area (Å²) < 4.78 is 25.8. The number of nitrogens with zero attached hydrogens (tertiary/aromatic N) is 1. The Morgan fingerprint density at radius 1 is 1.36 bits per heavy atom. The first-order valence-electron chi connectivity index (χ1n) is 7.90. The Balaban J connectivity index is 0.00000176. The molecule has 2 saturated heterocycles. The van der Waals surface area contributed by atoms with E-state index in [9.17, 15) is 13.2 Å². The number of amides is 1. The van der Waals surface area contributed by atoms with Crippen LogP contribution in [0.25, 0.3) is 0 Å². The van der Waals surface area contributed by atoms with E-state index >= 15 is 0 Å². The Hall–Kier alpha value is -0.370. The molecule has 3 fully saturated rings. The molecule has 1 saturated carbocycles. The van der Waals surface area contributed by atoms with Crippen molar-refractivity contribution in [3.05, 3.63) is 0 Å². The highest BCUT2D eigenvalue weighted by atomic mass is 35.5. The first-order valence-corrected chi connectivity index (χ1v) is 9.55. The summed E-state index contributed by atoms with van der Waals surface area (Å²) in [5.74, 6) is 0.374. The van der Waals surface area contributed by atoms with Gasteiger partial charge < -0.3 is 10.2 Å². The number of nitrogens with one attached hydrogen (secondary N) is 2. The minimum Gasteiger partial charge on any atom is -0.338 e. The lowest BCUT2D eigenvalue weighted by atomic mass is 9.91. The topological polar surface area (TPSA) is 78.5 Å². The molecule has 1 spiro atoms. The quantitative estimate of drug-likeness (QED) is 0.765. The van der Waals surface area contributed by atoms with E-state index in [0.29, 0.717) is 6.54 Å². The predicted octanol–water partition coefficient (Wildman–Crippen LogP) is 0.338. The average Bonchev–Trinajstić information content (AvgIpc) is 2.95. The van der Waals surface area contributed by atoms with Crippen LogP contribution in [0.2, 0.25) is 0 Å². The fraction of sp³-hybridized carbons (Fsp3) is 0.929. The van der Waals surface area contributed by atoms with Crippen molar-refractivity contribution in [2.75, 3.05) is 32.4 Å². The Morgan fingerprint density at radius 2 is 2.05 bits per heavy atom. The highest BCUT2D eigenvalue weighted by Gasteiger charge is 2.59. The number of rotatable bonds is 4. The molecule has 0 aromatic heterocycles. The minimum atomic E-state index is -3.26. The number of piperidine rings is 1. The number of halogens is 1. The highest BCUT2D eigenvalue weighted by Crippen LogP contribution is 2.59. The maximum Gasteiger partial charge on any atom is 0.226 e. The first kappa shape index (κ1) is 18.0. The summed E-state index contributed by atoms with van der Waals surface area (Å²) in [6, 6.07) is -0.144. The van der Waals surface area contributed by atoms with Gasteiger partial charge in [-0.25, -0.2) is 13.1 Å². The molecule has 0 aromatic rings. The maximum absolute atomic E-state index is 12.8. The van der Waals surface area contributed by atoms with Crippen LogP contribution >= 0.6 is 12.4 Å². The van der Waals surface area contributed by atoms with E-state index in [1.807, 2.05) is 4.90 Å². The van der Waals surface area contributed by atoms with E-state index in [1.165, 1.54) is 7.05 Å². The summed E-state index contributed by atoms with van der Waals surface area (Å²) in [6.07, 6.45) is 4.87. The van der Waals surface area contributed by atoms with E-state index in [4.69, 9.17) is 0 Å². The zero-order chi connectivity index (χ0) is 15.1. The van der Waals surface area contributed by atoms with Crippen LogP contribution in [0.15, 0.2) is 0 Å². The summed E-state index contributed by atoms with van der Waals surface area (Å²) in [7, 11) is -1.83. The van der Waals surface area contributed by atoms with E-state index in [2.05, 4.69) is 10.0 Å². The molecule has 1 aliphatic carbocycles. The lowest BCUT2D eigenvalue weighted by Crippen LogP contribution is -2.43. The van der Waals surface area contributed by atoms with Gasteiger partial charge in [0.05, 0.1) is 5.75 Å². The second-order valence-electron chi connectivity index (χ2n) is 6.68. The van der Waals surface area contributed by atoms with E-state index in [1.54, 1.807) is 0 Å².